The topological polar surface area (TPSA) is 57.4 Å². The average Bonchev–Trinajstić information content (AvgIpc) is 2.82. The van der Waals surface area contributed by atoms with Crippen molar-refractivity contribution in [2.45, 2.75) is 0 Å². The van der Waals surface area contributed by atoms with Crippen LogP contribution in [0.25, 0.3) is 12.2 Å². The van der Waals surface area contributed by atoms with Crippen LogP contribution in [0.5, 0.6) is 11.5 Å². The fraction of sp³-hybridized carbons (Fsp3) is 0.154. The van der Waals surface area contributed by atoms with Crippen molar-refractivity contribution in [3.63, 3.8) is 0 Å². The smallest absolute Gasteiger partial charge is 0.180 e. The molecule has 0 bridgehead atoms. The Hall–Kier alpha value is -1.53. The molecule has 0 saturated carbocycles. The quantitative estimate of drug-likeness (QED) is 0.922. The minimum atomic E-state index is 0.556. The van der Waals surface area contributed by atoms with Crippen molar-refractivity contribution in [1.82, 2.24) is 4.98 Å². The van der Waals surface area contributed by atoms with Gasteiger partial charge in [0.05, 0.1) is 24.4 Å². The number of hydrogen-bond donors (Lipinski definition) is 1. The van der Waals surface area contributed by atoms with Crippen LogP contribution in [0.2, 0.25) is 0 Å². The number of halogens is 1. The molecule has 0 unspecified atom stereocenters. The van der Waals surface area contributed by atoms with Crippen molar-refractivity contribution in [3.8, 4) is 11.5 Å². The van der Waals surface area contributed by atoms with Crippen LogP contribution in [0, 0.1) is 0 Å². The van der Waals surface area contributed by atoms with Gasteiger partial charge in [0.1, 0.15) is 11.5 Å². The van der Waals surface area contributed by atoms with E-state index in [1.807, 2.05) is 29.7 Å². The lowest BCUT2D eigenvalue weighted by Gasteiger charge is -2.09. The molecule has 1 aromatic carbocycles. The number of hydrogen-bond acceptors (Lipinski definition) is 5. The molecule has 0 atom stereocenters. The number of ether oxygens (including phenoxy) is 2. The maximum absolute atomic E-state index is 5.59. The van der Waals surface area contributed by atoms with Crippen LogP contribution < -0.4 is 15.2 Å². The van der Waals surface area contributed by atoms with E-state index < -0.39 is 0 Å². The average molecular weight is 341 g/mol. The van der Waals surface area contributed by atoms with Crippen molar-refractivity contribution in [1.29, 1.82) is 0 Å². The van der Waals surface area contributed by atoms with Crippen molar-refractivity contribution in [2.24, 2.45) is 0 Å². The molecule has 0 aliphatic rings. The number of nitrogens with two attached hydrogens (primary N) is 1. The Morgan fingerprint density at radius 2 is 1.95 bits per heavy atom. The molecule has 0 aliphatic carbocycles. The number of benzene rings is 1. The molecule has 0 fully saturated rings. The van der Waals surface area contributed by atoms with E-state index in [2.05, 4.69) is 20.9 Å². The van der Waals surface area contributed by atoms with Gasteiger partial charge < -0.3 is 15.2 Å². The predicted molar refractivity (Wildman–Crippen MR) is 82.7 cm³/mol. The van der Waals surface area contributed by atoms with Crippen molar-refractivity contribution in [3.05, 3.63) is 33.2 Å². The summed E-state index contributed by atoms with van der Waals surface area (Å²) in [5, 5.41) is 2.45. The third-order valence-electron chi connectivity index (χ3n) is 2.48. The molecule has 0 amide bonds. The van der Waals surface area contributed by atoms with E-state index in [-0.39, 0.29) is 0 Å². The van der Waals surface area contributed by atoms with Crippen LogP contribution in [0.4, 0.5) is 5.13 Å². The van der Waals surface area contributed by atoms with Gasteiger partial charge in [0.15, 0.2) is 5.13 Å². The van der Waals surface area contributed by atoms with Gasteiger partial charge >= 0.3 is 0 Å². The molecule has 4 nitrogen and oxygen atoms in total. The summed E-state index contributed by atoms with van der Waals surface area (Å²) in [5.74, 6) is 1.50. The Kier molecular flexibility index (Phi) is 4.44. The number of thiazole rings is 1. The Bertz CT molecular complexity index is 611. The lowest BCUT2D eigenvalue weighted by atomic mass is 10.1. The first-order chi connectivity index (χ1) is 9.13. The van der Waals surface area contributed by atoms with Gasteiger partial charge in [-0.05, 0) is 40.2 Å². The van der Waals surface area contributed by atoms with Gasteiger partial charge in [0, 0.05) is 10.9 Å². The largest absolute Gasteiger partial charge is 0.496 e. The second-order valence-corrected chi connectivity index (χ2v) is 5.42. The SMILES string of the molecule is COc1cc(/C=C/c2csc(N)n2)c(OC)cc1Br. The third-order valence-corrected chi connectivity index (χ3v) is 3.79. The molecule has 19 heavy (non-hydrogen) atoms. The highest BCUT2D eigenvalue weighted by Crippen LogP contribution is 2.33. The van der Waals surface area contributed by atoms with Crippen LogP contribution in [-0.4, -0.2) is 19.2 Å². The minimum Gasteiger partial charge on any atom is -0.496 e. The molecule has 100 valence electrons. The van der Waals surface area contributed by atoms with Crippen LogP contribution in [0.15, 0.2) is 22.0 Å². The highest BCUT2D eigenvalue weighted by Gasteiger charge is 2.07. The van der Waals surface area contributed by atoms with Gasteiger partial charge in [-0.15, -0.1) is 11.3 Å². The first-order valence-corrected chi connectivity index (χ1v) is 7.12. The minimum absolute atomic E-state index is 0.556. The molecule has 0 aliphatic heterocycles. The van der Waals surface area contributed by atoms with Crippen LogP contribution in [-0.2, 0) is 0 Å². The molecule has 2 rings (SSSR count). The first kappa shape index (κ1) is 13.9. The highest BCUT2D eigenvalue weighted by atomic mass is 79.9. The number of nitrogen functional groups attached to an aromatic ring is 1. The summed E-state index contributed by atoms with van der Waals surface area (Å²) in [4.78, 5) is 4.17. The van der Waals surface area contributed by atoms with Gasteiger partial charge in [-0.3, -0.25) is 0 Å². The molecule has 0 radical (unpaired) electrons. The Labute approximate surface area is 124 Å². The summed E-state index contributed by atoms with van der Waals surface area (Å²) in [6.07, 6.45) is 3.81. The second kappa shape index (κ2) is 6.08. The molecule has 6 heteroatoms. The van der Waals surface area contributed by atoms with Gasteiger partial charge in [-0.1, -0.05) is 0 Å². The number of aromatic nitrogens is 1. The molecule has 0 saturated heterocycles. The summed E-state index contributed by atoms with van der Waals surface area (Å²) in [6.45, 7) is 0. The maximum Gasteiger partial charge on any atom is 0.180 e. The van der Waals surface area contributed by atoms with Crippen LogP contribution in [0.3, 0.4) is 0 Å². The van der Waals surface area contributed by atoms with E-state index in [1.54, 1.807) is 14.2 Å². The number of anilines is 1. The number of methoxy groups -OCH3 is 2. The Morgan fingerprint density at radius 3 is 2.53 bits per heavy atom. The van der Waals surface area contributed by atoms with E-state index in [0.717, 1.165) is 27.2 Å². The van der Waals surface area contributed by atoms with E-state index in [1.165, 1.54) is 11.3 Å². The molecule has 1 aromatic heterocycles. The lowest BCUT2D eigenvalue weighted by Crippen LogP contribution is -1.91. The standard InChI is InChI=1S/C13H13BrN2O2S/c1-17-11-6-10(14)12(18-2)5-8(11)3-4-9-7-19-13(15)16-9/h3-7H,1-2H3,(H2,15,16)/b4-3+. The summed E-state index contributed by atoms with van der Waals surface area (Å²) < 4.78 is 11.5. The maximum atomic E-state index is 5.59. The summed E-state index contributed by atoms with van der Waals surface area (Å²) >= 11 is 4.84. The predicted octanol–water partition coefficient (Wildman–Crippen LogP) is 3.68. The fourth-order valence-electron chi connectivity index (χ4n) is 1.57. The van der Waals surface area contributed by atoms with E-state index in [0.29, 0.717) is 5.13 Å². The zero-order chi connectivity index (χ0) is 13.8. The zero-order valence-corrected chi connectivity index (χ0v) is 12.9. The van der Waals surface area contributed by atoms with E-state index >= 15 is 0 Å². The molecule has 0 spiro atoms. The Balaban J connectivity index is 2.35. The molecular weight excluding hydrogens is 328 g/mol. The summed E-state index contributed by atoms with van der Waals surface area (Å²) in [7, 11) is 3.26. The molecule has 2 N–H and O–H groups in total. The molecular formula is C13H13BrN2O2S. The third kappa shape index (κ3) is 3.27. The van der Waals surface area contributed by atoms with Crippen molar-refractivity contribution >= 4 is 44.6 Å². The van der Waals surface area contributed by atoms with Gasteiger partial charge in [0.25, 0.3) is 0 Å². The van der Waals surface area contributed by atoms with Gasteiger partial charge in [-0.2, -0.15) is 0 Å². The van der Waals surface area contributed by atoms with Crippen molar-refractivity contribution in [2.75, 3.05) is 20.0 Å². The summed E-state index contributed by atoms with van der Waals surface area (Å²) in [6, 6.07) is 3.77. The van der Waals surface area contributed by atoms with E-state index in [9.17, 15) is 0 Å². The molecule has 2 aromatic rings. The highest BCUT2D eigenvalue weighted by molar-refractivity contribution is 9.10. The lowest BCUT2D eigenvalue weighted by molar-refractivity contribution is 0.400. The van der Waals surface area contributed by atoms with Gasteiger partial charge in [0.2, 0.25) is 0 Å². The van der Waals surface area contributed by atoms with Crippen LogP contribution >= 0.6 is 27.3 Å². The zero-order valence-electron chi connectivity index (χ0n) is 10.5. The number of rotatable bonds is 4. The van der Waals surface area contributed by atoms with Crippen LogP contribution in [0.1, 0.15) is 11.3 Å². The Morgan fingerprint density at radius 1 is 1.21 bits per heavy atom. The van der Waals surface area contributed by atoms with E-state index in [4.69, 9.17) is 15.2 Å². The molecule has 1 heterocycles. The normalized spacial score (nSPS) is 10.9. The van der Waals surface area contributed by atoms with Crippen molar-refractivity contribution < 1.29 is 9.47 Å². The second-order valence-electron chi connectivity index (χ2n) is 3.67. The summed E-state index contributed by atoms with van der Waals surface area (Å²) in [5.41, 5.74) is 7.33. The monoisotopic (exact) mass is 340 g/mol. The number of nitrogens with zero attached hydrogens (tertiary/aromatic N) is 1. The van der Waals surface area contributed by atoms with Gasteiger partial charge in [-0.25, -0.2) is 4.98 Å². The fourth-order valence-corrected chi connectivity index (χ4v) is 2.58. The first-order valence-electron chi connectivity index (χ1n) is 5.44.